The average molecular weight is 295 g/mol. The van der Waals surface area contributed by atoms with E-state index in [9.17, 15) is 9.90 Å². The molecule has 1 aromatic rings. The number of anilines is 1. The summed E-state index contributed by atoms with van der Waals surface area (Å²) in [5.41, 5.74) is 1.01. The van der Waals surface area contributed by atoms with Crippen molar-refractivity contribution in [3.8, 4) is 0 Å². The smallest absolute Gasteiger partial charge is 0.225 e. The summed E-state index contributed by atoms with van der Waals surface area (Å²) in [6.07, 6.45) is 4.39. The van der Waals surface area contributed by atoms with E-state index in [0.717, 1.165) is 49.6 Å². The molecule has 1 aliphatic heterocycles. The topological polar surface area (TPSA) is 56.7 Å². The van der Waals surface area contributed by atoms with Crippen LogP contribution in [-0.2, 0) is 11.3 Å². The molecule has 1 aromatic heterocycles. The predicted octanol–water partition coefficient (Wildman–Crippen LogP) is 1.62. The van der Waals surface area contributed by atoms with E-state index in [1.54, 1.807) is 18.3 Å². The first-order chi connectivity index (χ1) is 9.69. The highest BCUT2D eigenvalue weighted by molar-refractivity contribution is 7.14. The van der Waals surface area contributed by atoms with Crippen molar-refractivity contribution >= 4 is 22.4 Å². The number of amides is 1. The summed E-state index contributed by atoms with van der Waals surface area (Å²) < 4.78 is 0. The van der Waals surface area contributed by atoms with E-state index in [0.29, 0.717) is 6.04 Å². The van der Waals surface area contributed by atoms with Crippen molar-refractivity contribution in [2.24, 2.45) is 0 Å². The maximum absolute atomic E-state index is 11.7. The molecule has 0 radical (unpaired) electrons. The molecule has 1 aliphatic carbocycles. The van der Waals surface area contributed by atoms with Crippen LogP contribution in [0, 0.1) is 0 Å². The second kappa shape index (κ2) is 5.79. The molecule has 1 saturated carbocycles. The number of thiazole rings is 1. The molecule has 3 rings (SSSR count). The summed E-state index contributed by atoms with van der Waals surface area (Å²) in [7, 11) is 0. The first-order valence-electron chi connectivity index (χ1n) is 7.28. The Morgan fingerprint density at radius 2 is 2.35 bits per heavy atom. The lowest BCUT2D eigenvalue weighted by Crippen LogP contribution is -2.32. The van der Waals surface area contributed by atoms with E-state index in [2.05, 4.69) is 9.88 Å². The van der Waals surface area contributed by atoms with E-state index >= 15 is 0 Å². The zero-order valence-corrected chi connectivity index (χ0v) is 12.6. The van der Waals surface area contributed by atoms with Crippen LogP contribution in [0.1, 0.15) is 38.3 Å². The minimum atomic E-state index is 0.0859. The molecule has 0 aromatic carbocycles. The summed E-state index contributed by atoms with van der Waals surface area (Å²) in [6, 6.07) is 0.635. The van der Waals surface area contributed by atoms with Gasteiger partial charge in [-0.2, -0.15) is 0 Å². The average Bonchev–Trinajstić information content (AvgIpc) is 2.97. The molecule has 1 N–H and O–H groups in total. The van der Waals surface area contributed by atoms with Gasteiger partial charge in [0.2, 0.25) is 5.91 Å². The highest BCUT2D eigenvalue weighted by Gasteiger charge is 2.34. The lowest BCUT2D eigenvalue weighted by Gasteiger charge is -2.21. The second-order valence-electron chi connectivity index (χ2n) is 5.69. The first kappa shape index (κ1) is 14.0. The van der Waals surface area contributed by atoms with Gasteiger partial charge in [-0.3, -0.25) is 14.6 Å². The van der Waals surface area contributed by atoms with Crippen molar-refractivity contribution in [1.29, 1.82) is 0 Å². The highest BCUT2D eigenvalue weighted by atomic mass is 32.1. The lowest BCUT2D eigenvalue weighted by molar-refractivity contribution is -0.116. The number of aliphatic hydroxyl groups excluding tert-OH is 1. The quantitative estimate of drug-likeness (QED) is 0.897. The molecule has 2 fully saturated rings. The Morgan fingerprint density at radius 3 is 3.00 bits per heavy atom. The molecule has 1 amide bonds. The van der Waals surface area contributed by atoms with E-state index < -0.39 is 0 Å². The highest BCUT2D eigenvalue weighted by Crippen LogP contribution is 2.34. The number of hydrogen-bond donors (Lipinski definition) is 1. The molecule has 1 saturated heterocycles. The number of aliphatic hydroxyl groups is 1. The summed E-state index contributed by atoms with van der Waals surface area (Å²) in [6.45, 7) is 3.63. The standard InChI is InChI=1S/C14H21N3O2S/c1-10(19)17(12-4-5-12)14-15-11(9-20-14)7-16-6-2-3-13(16)8-18/h9,12-13,18H,2-8H2,1H3/t13-/m1/s1. The minimum absolute atomic E-state index is 0.0859. The summed E-state index contributed by atoms with van der Waals surface area (Å²) in [5.74, 6) is 0.0859. The van der Waals surface area contributed by atoms with Crippen molar-refractivity contribution < 1.29 is 9.90 Å². The Labute approximate surface area is 123 Å². The van der Waals surface area contributed by atoms with Crippen LogP contribution in [0.3, 0.4) is 0 Å². The van der Waals surface area contributed by atoms with Crippen LogP contribution >= 0.6 is 11.3 Å². The fraction of sp³-hybridized carbons (Fsp3) is 0.714. The van der Waals surface area contributed by atoms with Crippen molar-refractivity contribution in [3.05, 3.63) is 11.1 Å². The Hall–Kier alpha value is -0.980. The van der Waals surface area contributed by atoms with Gasteiger partial charge in [-0.15, -0.1) is 11.3 Å². The minimum Gasteiger partial charge on any atom is -0.395 e. The van der Waals surface area contributed by atoms with E-state index in [1.165, 1.54) is 0 Å². The van der Waals surface area contributed by atoms with Crippen molar-refractivity contribution in [2.75, 3.05) is 18.1 Å². The van der Waals surface area contributed by atoms with E-state index in [1.807, 2.05) is 10.3 Å². The van der Waals surface area contributed by atoms with E-state index in [4.69, 9.17) is 0 Å². The van der Waals surface area contributed by atoms with Gasteiger partial charge in [-0.05, 0) is 32.2 Å². The number of likely N-dealkylation sites (tertiary alicyclic amines) is 1. The number of carbonyl (C=O) groups excluding carboxylic acids is 1. The van der Waals surface area contributed by atoms with Crippen molar-refractivity contribution in [2.45, 2.75) is 51.2 Å². The van der Waals surface area contributed by atoms with Crippen molar-refractivity contribution in [3.63, 3.8) is 0 Å². The SMILES string of the molecule is CC(=O)N(c1nc(CN2CCC[C@@H]2CO)cs1)C1CC1. The molecule has 1 atom stereocenters. The first-order valence-corrected chi connectivity index (χ1v) is 8.16. The van der Waals surface area contributed by atoms with Gasteiger partial charge < -0.3 is 5.11 Å². The predicted molar refractivity (Wildman–Crippen MR) is 78.8 cm³/mol. The molecule has 110 valence electrons. The van der Waals surface area contributed by atoms with Crippen LogP contribution < -0.4 is 4.90 Å². The molecule has 5 nitrogen and oxygen atoms in total. The molecule has 20 heavy (non-hydrogen) atoms. The molecule has 6 heteroatoms. The van der Waals surface area contributed by atoms with Crippen LogP contribution in [0.15, 0.2) is 5.38 Å². The fourth-order valence-electron chi connectivity index (χ4n) is 2.88. The Morgan fingerprint density at radius 1 is 1.55 bits per heavy atom. The van der Waals surface area contributed by atoms with Crippen LogP contribution in [-0.4, -0.2) is 46.1 Å². The van der Waals surface area contributed by atoms with Crippen LogP contribution in [0.4, 0.5) is 5.13 Å². The molecular formula is C14H21N3O2S. The zero-order valence-electron chi connectivity index (χ0n) is 11.8. The van der Waals surface area contributed by atoms with Gasteiger partial charge >= 0.3 is 0 Å². The van der Waals surface area contributed by atoms with Gasteiger partial charge in [-0.25, -0.2) is 4.98 Å². The van der Waals surface area contributed by atoms with Gasteiger partial charge in [0.05, 0.1) is 12.3 Å². The van der Waals surface area contributed by atoms with Crippen LogP contribution in [0.25, 0.3) is 0 Å². The van der Waals surface area contributed by atoms with Gasteiger partial charge in [0.25, 0.3) is 0 Å². The Bertz CT molecular complexity index is 487. The van der Waals surface area contributed by atoms with Gasteiger partial charge in [0.15, 0.2) is 5.13 Å². The van der Waals surface area contributed by atoms with E-state index in [-0.39, 0.29) is 18.6 Å². The normalized spacial score (nSPS) is 23.2. The number of rotatable bonds is 5. The third-order valence-electron chi connectivity index (χ3n) is 4.07. The molecule has 0 unspecified atom stereocenters. The summed E-state index contributed by atoms with van der Waals surface area (Å²) in [4.78, 5) is 20.5. The maximum atomic E-state index is 11.7. The maximum Gasteiger partial charge on any atom is 0.225 e. The summed E-state index contributed by atoms with van der Waals surface area (Å²) >= 11 is 1.55. The van der Waals surface area contributed by atoms with Crippen LogP contribution in [0.5, 0.6) is 0 Å². The number of aromatic nitrogens is 1. The van der Waals surface area contributed by atoms with Crippen LogP contribution in [0.2, 0.25) is 0 Å². The van der Waals surface area contributed by atoms with Gasteiger partial charge in [-0.1, -0.05) is 0 Å². The fourth-order valence-corrected chi connectivity index (χ4v) is 3.81. The number of carbonyl (C=O) groups is 1. The Kier molecular flexibility index (Phi) is 4.05. The zero-order chi connectivity index (χ0) is 14.1. The number of hydrogen-bond acceptors (Lipinski definition) is 5. The lowest BCUT2D eigenvalue weighted by atomic mass is 10.2. The Balaban J connectivity index is 1.68. The van der Waals surface area contributed by atoms with Crippen molar-refractivity contribution in [1.82, 2.24) is 9.88 Å². The number of nitrogens with zero attached hydrogens (tertiary/aromatic N) is 3. The van der Waals surface area contributed by atoms with Gasteiger partial charge in [0, 0.05) is 30.9 Å². The second-order valence-corrected chi connectivity index (χ2v) is 6.53. The van der Waals surface area contributed by atoms with Gasteiger partial charge in [0.1, 0.15) is 0 Å². The largest absolute Gasteiger partial charge is 0.395 e. The molecular weight excluding hydrogens is 274 g/mol. The molecule has 2 heterocycles. The molecule has 2 aliphatic rings. The third-order valence-corrected chi connectivity index (χ3v) is 4.96. The molecule has 0 spiro atoms. The third kappa shape index (κ3) is 2.87. The molecule has 0 bridgehead atoms. The summed E-state index contributed by atoms with van der Waals surface area (Å²) in [5, 5.41) is 12.2. The monoisotopic (exact) mass is 295 g/mol.